The first-order valence-corrected chi connectivity index (χ1v) is 3.54. The Morgan fingerprint density at radius 3 is 2.56 bits per heavy atom. The van der Waals surface area contributed by atoms with Crippen molar-refractivity contribution in [3.63, 3.8) is 0 Å². The van der Waals surface area contributed by atoms with Gasteiger partial charge in [-0.3, -0.25) is 4.79 Å². The quantitative estimate of drug-likeness (QED) is 0.566. The summed E-state index contributed by atoms with van der Waals surface area (Å²) in [5.41, 5.74) is 0. The van der Waals surface area contributed by atoms with E-state index < -0.39 is 0 Å². The number of Topliss-reactive ketones (excluding diaryl/α,β-unsaturated/α-hetero) is 1. The van der Waals surface area contributed by atoms with E-state index in [4.69, 9.17) is 0 Å². The van der Waals surface area contributed by atoms with Gasteiger partial charge in [0, 0.05) is 12.8 Å². The van der Waals surface area contributed by atoms with Gasteiger partial charge in [0.15, 0.2) is 0 Å². The van der Waals surface area contributed by atoms with Gasteiger partial charge in [0.1, 0.15) is 5.78 Å². The molecular weight excluding hydrogens is 112 g/mol. The van der Waals surface area contributed by atoms with Gasteiger partial charge in [0.2, 0.25) is 0 Å². The standard InChI is InChI=1S/C8H15O/c1-4-5-6-7(2)8(3)9/h7H,3-6H2,1-2H3/t7-/m0/s1. The van der Waals surface area contributed by atoms with Gasteiger partial charge in [-0.05, 0) is 6.42 Å². The third kappa shape index (κ3) is 4.19. The molecule has 0 rings (SSSR count). The fraction of sp³-hybridized carbons (Fsp3) is 0.750. The van der Waals surface area contributed by atoms with Crippen LogP contribution in [-0.2, 0) is 4.79 Å². The highest BCUT2D eigenvalue weighted by molar-refractivity contribution is 5.84. The van der Waals surface area contributed by atoms with Crippen molar-refractivity contribution in [1.82, 2.24) is 0 Å². The lowest BCUT2D eigenvalue weighted by Crippen LogP contribution is -2.05. The minimum Gasteiger partial charge on any atom is -0.299 e. The van der Waals surface area contributed by atoms with Crippen LogP contribution >= 0.6 is 0 Å². The number of carbonyl (C=O) groups excluding carboxylic acids is 1. The molecule has 1 heteroatoms. The summed E-state index contributed by atoms with van der Waals surface area (Å²) in [5.74, 6) is 0.244. The van der Waals surface area contributed by atoms with E-state index in [2.05, 4.69) is 13.8 Å². The van der Waals surface area contributed by atoms with Crippen molar-refractivity contribution < 1.29 is 4.79 Å². The lowest BCUT2D eigenvalue weighted by molar-refractivity contribution is -0.118. The average molecular weight is 127 g/mol. The highest BCUT2D eigenvalue weighted by Crippen LogP contribution is 2.07. The van der Waals surface area contributed by atoms with Crippen LogP contribution in [0.25, 0.3) is 0 Å². The Morgan fingerprint density at radius 2 is 2.22 bits per heavy atom. The number of ketones is 1. The second-order valence-electron chi connectivity index (χ2n) is 2.51. The monoisotopic (exact) mass is 127 g/mol. The minimum absolute atomic E-state index is 0.0726. The van der Waals surface area contributed by atoms with Crippen molar-refractivity contribution in [3.8, 4) is 0 Å². The summed E-state index contributed by atoms with van der Waals surface area (Å²) in [6, 6.07) is 0. The molecular formula is C8H15O. The lowest BCUT2D eigenvalue weighted by atomic mass is 10.0. The molecule has 0 aromatic heterocycles. The van der Waals surface area contributed by atoms with Gasteiger partial charge >= 0.3 is 0 Å². The molecule has 1 atom stereocenters. The molecule has 0 aliphatic carbocycles. The molecule has 0 heterocycles. The minimum atomic E-state index is 0.0726. The molecule has 0 aliphatic rings. The van der Waals surface area contributed by atoms with Gasteiger partial charge in [-0.25, -0.2) is 0 Å². The summed E-state index contributed by atoms with van der Waals surface area (Å²) in [4.78, 5) is 10.5. The molecule has 0 unspecified atom stereocenters. The molecule has 0 amide bonds. The van der Waals surface area contributed by atoms with Crippen LogP contribution in [0.3, 0.4) is 0 Å². The number of carbonyl (C=O) groups is 1. The molecule has 53 valence electrons. The molecule has 0 N–H and O–H groups in total. The molecule has 0 saturated carbocycles. The highest BCUT2D eigenvalue weighted by Gasteiger charge is 2.04. The number of hydrogen-bond donors (Lipinski definition) is 0. The zero-order valence-corrected chi connectivity index (χ0v) is 6.31. The Balaban J connectivity index is 3.27. The maximum Gasteiger partial charge on any atom is 0.136 e. The van der Waals surface area contributed by atoms with E-state index in [9.17, 15) is 4.79 Å². The zero-order valence-electron chi connectivity index (χ0n) is 6.31. The Bertz CT molecular complexity index is 86.6. The maximum atomic E-state index is 10.5. The van der Waals surface area contributed by atoms with Gasteiger partial charge < -0.3 is 0 Å². The predicted octanol–water partition coefficient (Wildman–Crippen LogP) is 2.22. The first-order valence-electron chi connectivity index (χ1n) is 3.54. The summed E-state index contributed by atoms with van der Waals surface area (Å²) in [5, 5.41) is 0. The Morgan fingerprint density at radius 1 is 1.67 bits per heavy atom. The Labute approximate surface area is 57.5 Å². The van der Waals surface area contributed by atoms with Gasteiger partial charge in [-0.2, -0.15) is 0 Å². The van der Waals surface area contributed by atoms with E-state index in [-0.39, 0.29) is 11.7 Å². The first kappa shape index (κ1) is 8.67. The molecule has 0 saturated heterocycles. The fourth-order valence-corrected chi connectivity index (χ4v) is 0.671. The van der Waals surface area contributed by atoms with Crippen molar-refractivity contribution in [1.29, 1.82) is 0 Å². The summed E-state index contributed by atoms with van der Waals surface area (Å²) in [6.07, 6.45) is 3.30. The summed E-state index contributed by atoms with van der Waals surface area (Å²) < 4.78 is 0. The largest absolute Gasteiger partial charge is 0.299 e. The van der Waals surface area contributed by atoms with E-state index in [1.807, 2.05) is 6.92 Å². The van der Waals surface area contributed by atoms with Crippen LogP contribution in [0.15, 0.2) is 0 Å². The molecule has 0 spiro atoms. The summed E-state index contributed by atoms with van der Waals surface area (Å²) in [6.45, 7) is 7.41. The fourth-order valence-electron chi connectivity index (χ4n) is 0.671. The normalized spacial score (nSPS) is 13.2. The van der Waals surface area contributed by atoms with E-state index in [1.165, 1.54) is 0 Å². The first-order chi connectivity index (χ1) is 4.18. The van der Waals surface area contributed by atoms with Crippen LogP contribution in [0.1, 0.15) is 33.1 Å². The second-order valence-corrected chi connectivity index (χ2v) is 2.51. The van der Waals surface area contributed by atoms with E-state index >= 15 is 0 Å². The molecule has 0 aromatic rings. The summed E-state index contributed by atoms with van der Waals surface area (Å²) >= 11 is 0. The topological polar surface area (TPSA) is 17.1 Å². The summed E-state index contributed by atoms with van der Waals surface area (Å²) in [7, 11) is 0. The highest BCUT2D eigenvalue weighted by atomic mass is 16.1. The van der Waals surface area contributed by atoms with Gasteiger partial charge in [-0.15, -0.1) is 0 Å². The molecule has 1 radical (unpaired) electrons. The van der Waals surface area contributed by atoms with E-state index in [1.54, 1.807) is 0 Å². The van der Waals surface area contributed by atoms with Gasteiger partial charge in [0.25, 0.3) is 0 Å². The van der Waals surface area contributed by atoms with Crippen molar-refractivity contribution in [2.45, 2.75) is 33.1 Å². The number of unbranched alkanes of at least 4 members (excludes halogenated alkanes) is 1. The smallest absolute Gasteiger partial charge is 0.136 e. The lowest BCUT2D eigenvalue weighted by Gasteiger charge is -2.03. The van der Waals surface area contributed by atoms with Crippen molar-refractivity contribution in [2.75, 3.05) is 0 Å². The van der Waals surface area contributed by atoms with Crippen LogP contribution in [0.5, 0.6) is 0 Å². The van der Waals surface area contributed by atoms with Crippen molar-refractivity contribution in [2.24, 2.45) is 5.92 Å². The Kier molecular flexibility index (Phi) is 4.37. The van der Waals surface area contributed by atoms with Crippen LogP contribution in [0, 0.1) is 12.8 Å². The third-order valence-electron chi connectivity index (χ3n) is 1.54. The Hall–Kier alpha value is -0.330. The maximum absolute atomic E-state index is 10.5. The van der Waals surface area contributed by atoms with Gasteiger partial charge in [-0.1, -0.05) is 26.7 Å². The van der Waals surface area contributed by atoms with Crippen molar-refractivity contribution in [3.05, 3.63) is 6.92 Å². The predicted molar refractivity (Wildman–Crippen MR) is 39.1 cm³/mol. The molecule has 1 nitrogen and oxygen atoms in total. The zero-order chi connectivity index (χ0) is 7.28. The average Bonchev–Trinajstić information content (AvgIpc) is 1.82. The van der Waals surface area contributed by atoms with Crippen LogP contribution in [-0.4, -0.2) is 5.78 Å². The molecule has 0 aliphatic heterocycles. The van der Waals surface area contributed by atoms with Crippen LogP contribution in [0.4, 0.5) is 0 Å². The number of hydrogen-bond acceptors (Lipinski definition) is 1. The number of rotatable bonds is 4. The SMILES string of the molecule is [CH2]C(=O)[C@@H](C)CCCC. The molecule has 9 heavy (non-hydrogen) atoms. The molecule has 0 fully saturated rings. The van der Waals surface area contributed by atoms with Crippen LogP contribution < -0.4 is 0 Å². The van der Waals surface area contributed by atoms with Crippen LogP contribution in [0.2, 0.25) is 0 Å². The molecule has 0 aromatic carbocycles. The van der Waals surface area contributed by atoms with E-state index in [0.29, 0.717) is 0 Å². The van der Waals surface area contributed by atoms with Gasteiger partial charge in [0.05, 0.1) is 0 Å². The van der Waals surface area contributed by atoms with E-state index in [0.717, 1.165) is 19.3 Å². The van der Waals surface area contributed by atoms with Crippen molar-refractivity contribution >= 4 is 5.78 Å². The molecule has 0 bridgehead atoms. The third-order valence-corrected chi connectivity index (χ3v) is 1.54. The second kappa shape index (κ2) is 4.54.